The predicted molar refractivity (Wildman–Crippen MR) is 136 cm³/mol. The maximum atomic E-state index is 12.0. The van der Waals surface area contributed by atoms with E-state index in [1.165, 1.54) is 0 Å². The normalized spacial score (nSPS) is 10.5. The van der Waals surface area contributed by atoms with Crippen LogP contribution < -0.4 is 0 Å². The number of ketones is 1. The molecule has 0 aliphatic rings. The Labute approximate surface area is 207 Å². The van der Waals surface area contributed by atoms with E-state index in [2.05, 4.69) is 22.3 Å². The molecule has 0 radical (unpaired) electrons. The van der Waals surface area contributed by atoms with E-state index in [-0.39, 0.29) is 5.78 Å². The van der Waals surface area contributed by atoms with Crippen molar-refractivity contribution in [2.24, 2.45) is 0 Å². The molecule has 0 unspecified atom stereocenters. The summed E-state index contributed by atoms with van der Waals surface area (Å²) in [6.07, 6.45) is 3.94. The van der Waals surface area contributed by atoms with E-state index in [0.717, 1.165) is 22.5 Å². The van der Waals surface area contributed by atoms with Gasteiger partial charge < -0.3 is 0 Å². The van der Waals surface area contributed by atoms with Crippen LogP contribution in [-0.4, -0.2) is 25.8 Å². The third-order valence-corrected chi connectivity index (χ3v) is 6.05. The maximum Gasteiger partial charge on any atom is 0.162 e. The number of aromatic amines is 1. The van der Waals surface area contributed by atoms with E-state index in [0.29, 0.717) is 39.9 Å². The highest BCUT2D eigenvalue weighted by molar-refractivity contribution is 5.96. The van der Waals surface area contributed by atoms with Gasteiger partial charge in [-0.25, -0.2) is 4.68 Å². The Kier molecular flexibility index (Phi) is 5.96. The molecular weight excluding hydrogens is 448 g/mol. The van der Waals surface area contributed by atoms with E-state index >= 15 is 0 Å². The molecule has 0 saturated heterocycles. The molecule has 5 aromatic rings. The molecule has 0 amide bonds. The number of carbonyl (C=O) groups excluding carboxylic acids is 1. The van der Waals surface area contributed by atoms with Gasteiger partial charge in [0.15, 0.2) is 5.78 Å². The number of nitrogens with zero attached hydrogens (tertiary/aromatic N) is 5. The van der Waals surface area contributed by atoms with Crippen molar-refractivity contribution in [3.63, 3.8) is 0 Å². The first kappa shape index (κ1) is 22.5. The Morgan fingerprint density at radius 1 is 0.944 bits per heavy atom. The minimum Gasteiger partial charge on any atom is -0.294 e. The van der Waals surface area contributed by atoms with Crippen LogP contribution in [0.4, 0.5) is 0 Å². The molecule has 0 spiro atoms. The van der Waals surface area contributed by atoms with Crippen LogP contribution in [0.25, 0.3) is 39.3 Å². The highest BCUT2D eigenvalue weighted by Gasteiger charge is 2.18. The maximum absolute atomic E-state index is 12.0. The number of Topliss-reactive ketones (excluding diaryl/α,β-unsaturated/α-hetero) is 1. The topological polar surface area (TPSA) is 111 Å². The van der Waals surface area contributed by atoms with Crippen molar-refractivity contribution in [1.82, 2.24) is 20.0 Å². The van der Waals surface area contributed by atoms with E-state index in [9.17, 15) is 15.3 Å². The Morgan fingerprint density at radius 3 is 2.44 bits per heavy atom. The van der Waals surface area contributed by atoms with Gasteiger partial charge in [0.1, 0.15) is 0 Å². The fraction of sp³-hybridized carbons (Fsp3) is 0.0690. The molecule has 172 valence electrons. The van der Waals surface area contributed by atoms with Crippen LogP contribution in [0.1, 0.15) is 34.8 Å². The summed E-state index contributed by atoms with van der Waals surface area (Å²) >= 11 is 0. The number of rotatable bonds is 6. The standard InChI is InChI=1S/C29H20N6O/c1-2-28(36)19-8-10-23(11-9-19)35-15-13-27(34-35)29-22(18-31)4-3-5-24(29)25-16-20(6-7-21(25)17-30)26-12-14-32-33-26/h3-16H,2H2,1H3,(H,32,33). The lowest BCUT2D eigenvalue weighted by Crippen LogP contribution is -1.99. The Balaban J connectivity index is 1.63. The predicted octanol–water partition coefficient (Wildman–Crippen LogP) is 5.93. The summed E-state index contributed by atoms with van der Waals surface area (Å²) in [6.45, 7) is 1.84. The van der Waals surface area contributed by atoms with Crippen LogP contribution >= 0.6 is 0 Å². The second-order valence-electron chi connectivity index (χ2n) is 8.15. The summed E-state index contributed by atoms with van der Waals surface area (Å²) in [5.74, 6) is 0.0842. The summed E-state index contributed by atoms with van der Waals surface area (Å²) in [6, 6.07) is 26.5. The van der Waals surface area contributed by atoms with Gasteiger partial charge in [0.05, 0.1) is 40.3 Å². The largest absolute Gasteiger partial charge is 0.294 e. The molecule has 0 atom stereocenters. The zero-order chi connectivity index (χ0) is 25.1. The monoisotopic (exact) mass is 468 g/mol. The zero-order valence-electron chi connectivity index (χ0n) is 19.4. The summed E-state index contributed by atoms with van der Waals surface area (Å²) in [5, 5.41) is 31.5. The SMILES string of the molecule is CCC(=O)c1ccc(-n2ccc(-c3c(C#N)cccc3-c3cc(-c4ccn[nH]4)ccc3C#N)n2)cc1. The van der Waals surface area contributed by atoms with Crippen LogP contribution in [0.2, 0.25) is 0 Å². The average molecular weight is 469 g/mol. The van der Waals surface area contributed by atoms with Gasteiger partial charge in [-0.3, -0.25) is 9.89 Å². The fourth-order valence-electron chi connectivity index (χ4n) is 4.20. The van der Waals surface area contributed by atoms with Crippen molar-refractivity contribution in [3.05, 3.63) is 102 Å². The quantitative estimate of drug-likeness (QED) is 0.310. The van der Waals surface area contributed by atoms with Crippen LogP contribution in [-0.2, 0) is 0 Å². The van der Waals surface area contributed by atoms with Crippen LogP contribution in [0, 0.1) is 22.7 Å². The fourth-order valence-corrected chi connectivity index (χ4v) is 4.20. The first-order chi connectivity index (χ1) is 17.6. The van der Waals surface area contributed by atoms with Crippen LogP contribution in [0.15, 0.2) is 85.2 Å². The van der Waals surface area contributed by atoms with E-state index in [1.807, 2.05) is 61.7 Å². The number of benzene rings is 3. The molecule has 0 aliphatic heterocycles. The van der Waals surface area contributed by atoms with Gasteiger partial charge in [-0.1, -0.05) is 25.1 Å². The van der Waals surface area contributed by atoms with Gasteiger partial charge >= 0.3 is 0 Å². The second kappa shape index (κ2) is 9.54. The molecule has 0 aliphatic carbocycles. The molecule has 2 heterocycles. The number of nitriles is 2. The van der Waals surface area contributed by atoms with Gasteiger partial charge in [0.2, 0.25) is 0 Å². The van der Waals surface area contributed by atoms with Gasteiger partial charge in [0, 0.05) is 41.1 Å². The van der Waals surface area contributed by atoms with Gasteiger partial charge in [-0.2, -0.15) is 20.7 Å². The minimum absolute atomic E-state index is 0.0842. The number of carbonyl (C=O) groups is 1. The molecule has 3 aromatic carbocycles. The first-order valence-electron chi connectivity index (χ1n) is 11.4. The second-order valence-corrected chi connectivity index (χ2v) is 8.15. The lowest BCUT2D eigenvalue weighted by Gasteiger charge is -2.13. The molecule has 0 saturated carbocycles. The number of hydrogen-bond acceptors (Lipinski definition) is 5. The number of H-pyrrole nitrogens is 1. The molecule has 1 N–H and O–H groups in total. The number of nitrogens with one attached hydrogen (secondary N) is 1. The molecule has 0 bridgehead atoms. The smallest absolute Gasteiger partial charge is 0.162 e. The zero-order valence-corrected chi connectivity index (χ0v) is 19.4. The highest BCUT2D eigenvalue weighted by Crippen LogP contribution is 2.37. The van der Waals surface area contributed by atoms with Crippen molar-refractivity contribution in [1.29, 1.82) is 10.5 Å². The van der Waals surface area contributed by atoms with E-state index in [1.54, 1.807) is 35.1 Å². The Hall–Kier alpha value is -5.27. The molecule has 7 nitrogen and oxygen atoms in total. The van der Waals surface area contributed by atoms with Crippen molar-refractivity contribution >= 4 is 5.78 Å². The third-order valence-electron chi connectivity index (χ3n) is 6.05. The van der Waals surface area contributed by atoms with E-state index < -0.39 is 0 Å². The molecule has 2 aromatic heterocycles. The average Bonchev–Trinajstić information content (AvgIpc) is 3.65. The van der Waals surface area contributed by atoms with Gasteiger partial charge in [-0.05, 0) is 60.2 Å². The van der Waals surface area contributed by atoms with Crippen molar-refractivity contribution < 1.29 is 4.79 Å². The molecule has 5 rings (SSSR count). The summed E-state index contributed by atoms with van der Waals surface area (Å²) in [5.41, 5.74) is 6.80. The van der Waals surface area contributed by atoms with Crippen molar-refractivity contribution in [2.75, 3.05) is 0 Å². The first-order valence-corrected chi connectivity index (χ1v) is 11.4. The van der Waals surface area contributed by atoms with Crippen molar-refractivity contribution in [3.8, 4) is 51.5 Å². The minimum atomic E-state index is 0.0842. The summed E-state index contributed by atoms with van der Waals surface area (Å²) < 4.78 is 1.71. The molecule has 0 fully saturated rings. The highest BCUT2D eigenvalue weighted by atomic mass is 16.1. The third kappa shape index (κ3) is 4.06. The Morgan fingerprint density at radius 2 is 1.75 bits per heavy atom. The Bertz CT molecular complexity index is 1650. The molecular formula is C29H20N6O. The van der Waals surface area contributed by atoms with E-state index in [4.69, 9.17) is 5.10 Å². The molecule has 36 heavy (non-hydrogen) atoms. The van der Waals surface area contributed by atoms with Crippen LogP contribution in [0.3, 0.4) is 0 Å². The van der Waals surface area contributed by atoms with Crippen LogP contribution in [0.5, 0.6) is 0 Å². The van der Waals surface area contributed by atoms with Gasteiger partial charge in [0.25, 0.3) is 0 Å². The number of hydrogen-bond donors (Lipinski definition) is 1. The van der Waals surface area contributed by atoms with Gasteiger partial charge in [-0.15, -0.1) is 0 Å². The summed E-state index contributed by atoms with van der Waals surface area (Å²) in [4.78, 5) is 12.0. The lowest BCUT2D eigenvalue weighted by molar-refractivity contribution is 0.0988. The summed E-state index contributed by atoms with van der Waals surface area (Å²) in [7, 11) is 0. The molecule has 7 heteroatoms. The number of aromatic nitrogens is 4. The van der Waals surface area contributed by atoms with Crippen molar-refractivity contribution in [2.45, 2.75) is 13.3 Å². The lowest BCUT2D eigenvalue weighted by atomic mass is 9.90.